The number of aromatic nitrogens is 2. The van der Waals surface area contributed by atoms with Gasteiger partial charge in [0.1, 0.15) is 0 Å². The maximum absolute atomic E-state index is 4.75. The Morgan fingerprint density at radius 1 is 1.30 bits per heavy atom. The third-order valence-electron chi connectivity index (χ3n) is 3.96. The van der Waals surface area contributed by atoms with Gasteiger partial charge in [-0.15, -0.1) is 0 Å². The van der Waals surface area contributed by atoms with Gasteiger partial charge in [0.05, 0.1) is 11.4 Å². The van der Waals surface area contributed by atoms with E-state index < -0.39 is 0 Å². The van der Waals surface area contributed by atoms with E-state index >= 15 is 0 Å². The molecule has 0 amide bonds. The molecule has 0 spiro atoms. The predicted molar refractivity (Wildman–Crippen MR) is 82.2 cm³/mol. The summed E-state index contributed by atoms with van der Waals surface area (Å²) in [5, 5.41) is 8.31. The van der Waals surface area contributed by atoms with E-state index in [-0.39, 0.29) is 0 Å². The van der Waals surface area contributed by atoms with E-state index in [1.54, 1.807) is 0 Å². The minimum absolute atomic E-state index is 0.347. The Balaban J connectivity index is 1.87. The summed E-state index contributed by atoms with van der Waals surface area (Å²) in [6.45, 7) is 5.46. The van der Waals surface area contributed by atoms with Gasteiger partial charge >= 0.3 is 0 Å². The fraction of sp³-hybridized carbons (Fsp3) is 0.471. The van der Waals surface area contributed by atoms with E-state index in [4.69, 9.17) is 5.10 Å². The number of benzene rings is 1. The summed E-state index contributed by atoms with van der Waals surface area (Å²) in [7, 11) is 0. The van der Waals surface area contributed by atoms with Crippen LogP contribution in [0, 0.1) is 0 Å². The van der Waals surface area contributed by atoms with Crippen LogP contribution in [0.4, 0.5) is 0 Å². The molecule has 1 N–H and O–H groups in total. The summed E-state index contributed by atoms with van der Waals surface area (Å²) in [5.41, 5.74) is 3.75. The van der Waals surface area contributed by atoms with Crippen LogP contribution >= 0.6 is 0 Å². The van der Waals surface area contributed by atoms with Crippen LogP contribution in [0.1, 0.15) is 56.3 Å². The number of hydrogen-bond acceptors (Lipinski definition) is 2. The van der Waals surface area contributed by atoms with Crippen molar-refractivity contribution in [2.24, 2.45) is 0 Å². The standard InChI is InChI=1S/C17H23N3/c1-3-11-18-13(2)15-6-4-5-7-17(15)20-12-10-16(19-20)14-8-9-14/h4-7,10,12-14,18H,3,8-9,11H2,1-2H3. The predicted octanol–water partition coefficient (Wildman–Crippen LogP) is 3.81. The average molecular weight is 269 g/mol. The largest absolute Gasteiger partial charge is 0.310 e. The van der Waals surface area contributed by atoms with Crippen LogP contribution < -0.4 is 5.32 Å². The molecule has 1 unspecified atom stereocenters. The Labute approximate surface area is 121 Å². The molecule has 3 rings (SSSR count). The first-order valence-electron chi connectivity index (χ1n) is 7.68. The van der Waals surface area contributed by atoms with Crippen LogP contribution in [0.5, 0.6) is 0 Å². The molecule has 1 aliphatic carbocycles. The molecule has 3 nitrogen and oxygen atoms in total. The van der Waals surface area contributed by atoms with Crippen LogP contribution in [0.2, 0.25) is 0 Å². The van der Waals surface area contributed by atoms with Gasteiger partial charge in [-0.05, 0) is 50.4 Å². The van der Waals surface area contributed by atoms with Crippen LogP contribution in [-0.2, 0) is 0 Å². The minimum Gasteiger partial charge on any atom is -0.310 e. The van der Waals surface area contributed by atoms with Gasteiger partial charge in [-0.1, -0.05) is 25.1 Å². The summed E-state index contributed by atoms with van der Waals surface area (Å²) in [6.07, 6.45) is 5.85. The first kappa shape index (κ1) is 13.4. The molecular formula is C17H23N3. The van der Waals surface area contributed by atoms with E-state index in [0.29, 0.717) is 12.0 Å². The Kier molecular flexibility index (Phi) is 3.88. The van der Waals surface area contributed by atoms with Crippen LogP contribution in [-0.4, -0.2) is 16.3 Å². The zero-order valence-electron chi connectivity index (χ0n) is 12.3. The van der Waals surface area contributed by atoms with Gasteiger partial charge in [0.15, 0.2) is 0 Å². The van der Waals surface area contributed by atoms with Gasteiger partial charge in [-0.25, -0.2) is 4.68 Å². The summed E-state index contributed by atoms with van der Waals surface area (Å²) in [5.74, 6) is 0.707. The first-order chi connectivity index (χ1) is 9.79. The monoisotopic (exact) mass is 269 g/mol. The molecule has 20 heavy (non-hydrogen) atoms. The summed E-state index contributed by atoms with van der Waals surface area (Å²) in [6, 6.07) is 11.1. The highest BCUT2D eigenvalue weighted by atomic mass is 15.3. The maximum Gasteiger partial charge on any atom is 0.0693 e. The van der Waals surface area contributed by atoms with Gasteiger partial charge < -0.3 is 5.32 Å². The SMILES string of the molecule is CCCNC(C)c1ccccc1-n1ccc(C2CC2)n1. The Hall–Kier alpha value is -1.61. The molecule has 3 heteroatoms. The first-order valence-corrected chi connectivity index (χ1v) is 7.68. The number of nitrogens with zero attached hydrogens (tertiary/aromatic N) is 2. The molecule has 106 valence electrons. The Bertz CT molecular complexity index is 569. The molecule has 1 aliphatic rings. The minimum atomic E-state index is 0.347. The number of rotatable bonds is 6. The van der Waals surface area contributed by atoms with Crippen molar-refractivity contribution in [1.82, 2.24) is 15.1 Å². The van der Waals surface area contributed by atoms with Crippen molar-refractivity contribution < 1.29 is 0 Å². The van der Waals surface area contributed by atoms with E-state index in [1.807, 2.05) is 4.68 Å². The molecule has 1 aromatic carbocycles. The van der Waals surface area contributed by atoms with Crippen molar-refractivity contribution >= 4 is 0 Å². The van der Waals surface area contributed by atoms with Crippen molar-refractivity contribution in [3.05, 3.63) is 47.8 Å². The molecule has 1 heterocycles. The summed E-state index contributed by atoms with van der Waals surface area (Å²) < 4.78 is 2.03. The van der Waals surface area contributed by atoms with Crippen molar-refractivity contribution in [1.29, 1.82) is 0 Å². The molecule has 0 bridgehead atoms. The molecule has 2 aromatic rings. The van der Waals surface area contributed by atoms with Gasteiger partial charge in [-0.2, -0.15) is 5.10 Å². The smallest absolute Gasteiger partial charge is 0.0693 e. The third-order valence-corrected chi connectivity index (χ3v) is 3.96. The fourth-order valence-electron chi connectivity index (χ4n) is 2.60. The molecule has 1 atom stereocenters. The summed E-state index contributed by atoms with van der Waals surface area (Å²) in [4.78, 5) is 0. The van der Waals surface area contributed by atoms with Crippen molar-refractivity contribution in [3.63, 3.8) is 0 Å². The Morgan fingerprint density at radius 3 is 2.85 bits per heavy atom. The normalized spacial score (nSPS) is 16.3. The number of nitrogens with one attached hydrogen (secondary N) is 1. The van der Waals surface area contributed by atoms with Crippen LogP contribution in [0.15, 0.2) is 36.5 Å². The molecule has 0 saturated heterocycles. The highest BCUT2D eigenvalue weighted by molar-refractivity contribution is 5.42. The highest BCUT2D eigenvalue weighted by Gasteiger charge is 2.26. The van der Waals surface area contributed by atoms with Gasteiger partial charge in [0.2, 0.25) is 0 Å². The zero-order valence-corrected chi connectivity index (χ0v) is 12.3. The zero-order chi connectivity index (χ0) is 13.9. The third kappa shape index (κ3) is 2.78. The molecular weight excluding hydrogens is 246 g/mol. The number of hydrogen-bond donors (Lipinski definition) is 1. The quantitative estimate of drug-likeness (QED) is 0.864. The van der Waals surface area contributed by atoms with E-state index in [1.165, 1.54) is 29.8 Å². The fourth-order valence-corrected chi connectivity index (χ4v) is 2.60. The van der Waals surface area contributed by atoms with Crippen LogP contribution in [0.25, 0.3) is 5.69 Å². The van der Waals surface area contributed by atoms with Gasteiger partial charge in [-0.3, -0.25) is 0 Å². The van der Waals surface area contributed by atoms with Crippen molar-refractivity contribution in [2.45, 2.75) is 45.1 Å². The molecule has 1 saturated carbocycles. The lowest BCUT2D eigenvalue weighted by molar-refractivity contribution is 0.567. The van der Waals surface area contributed by atoms with Gasteiger partial charge in [0.25, 0.3) is 0 Å². The van der Waals surface area contributed by atoms with E-state index in [0.717, 1.165) is 13.0 Å². The lowest BCUT2D eigenvalue weighted by atomic mass is 10.1. The molecule has 1 fully saturated rings. The van der Waals surface area contributed by atoms with E-state index in [2.05, 4.69) is 55.7 Å². The average Bonchev–Trinajstić information content (AvgIpc) is 3.22. The Morgan fingerprint density at radius 2 is 2.10 bits per heavy atom. The van der Waals surface area contributed by atoms with Crippen molar-refractivity contribution in [3.8, 4) is 5.69 Å². The maximum atomic E-state index is 4.75. The topological polar surface area (TPSA) is 29.9 Å². The lowest BCUT2D eigenvalue weighted by Gasteiger charge is -2.17. The second-order valence-corrected chi connectivity index (χ2v) is 5.69. The lowest BCUT2D eigenvalue weighted by Crippen LogP contribution is -2.20. The molecule has 0 radical (unpaired) electrons. The second-order valence-electron chi connectivity index (χ2n) is 5.69. The molecule has 1 aromatic heterocycles. The second kappa shape index (κ2) is 5.80. The van der Waals surface area contributed by atoms with E-state index in [9.17, 15) is 0 Å². The van der Waals surface area contributed by atoms with Crippen LogP contribution in [0.3, 0.4) is 0 Å². The van der Waals surface area contributed by atoms with Crippen molar-refractivity contribution in [2.75, 3.05) is 6.54 Å². The summed E-state index contributed by atoms with van der Waals surface area (Å²) >= 11 is 0. The highest BCUT2D eigenvalue weighted by Crippen LogP contribution is 2.39. The van der Waals surface area contributed by atoms with Gasteiger partial charge in [0, 0.05) is 18.2 Å². The number of para-hydroxylation sites is 1. The molecule has 0 aliphatic heterocycles.